The van der Waals surface area contributed by atoms with Gasteiger partial charge in [-0.3, -0.25) is 9.59 Å². The van der Waals surface area contributed by atoms with Crippen molar-refractivity contribution in [1.82, 2.24) is 0 Å². The first-order valence-corrected chi connectivity index (χ1v) is 10.9. The number of carbonyl (C=O) groups excluding carboxylic acids is 2. The highest BCUT2D eigenvalue weighted by Crippen LogP contribution is 2.47. The van der Waals surface area contributed by atoms with Gasteiger partial charge in [0.1, 0.15) is 0 Å². The zero-order valence-corrected chi connectivity index (χ0v) is 14.9. The molecule has 1 aliphatic carbocycles. The van der Waals surface area contributed by atoms with E-state index in [1.807, 2.05) is 0 Å². The number of esters is 2. The first-order valence-electron chi connectivity index (χ1n) is 7.28. The molecule has 5 heteroatoms. The molecule has 1 rings (SSSR count). The summed E-state index contributed by atoms with van der Waals surface area (Å²) in [5.74, 6) is -1.01. The molecule has 0 atom stereocenters. The number of rotatable bonds is 4. The van der Waals surface area contributed by atoms with E-state index in [2.05, 4.69) is 38.3 Å². The van der Waals surface area contributed by atoms with Gasteiger partial charge in [0, 0.05) is 0 Å². The Morgan fingerprint density at radius 1 is 1.10 bits per heavy atom. The Kier molecular flexibility index (Phi) is 5.56. The summed E-state index contributed by atoms with van der Waals surface area (Å²) in [5.41, 5.74) is 3.24. The molecular weight excluding hydrogens is 284 g/mol. The molecule has 1 fully saturated rings. The molecule has 4 nitrogen and oxygen atoms in total. The third-order valence-corrected chi connectivity index (χ3v) is 4.82. The highest BCUT2D eigenvalue weighted by Gasteiger charge is 2.53. The van der Waals surface area contributed by atoms with Crippen molar-refractivity contribution in [2.45, 2.75) is 45.8 Å². The Balaban J connectivity index is 3.34. The molecule has 0 aromatic heterocycles. The SMILES string of the molecule is CC/C=C1\CC(C(=O)OC)(C(=O)OC)C\C1=C/[Si](C)(C)C. The molecule has 0 unspecified atom stereocenters. The van der Waals surface area contributed by atoms with E-state index in [0.717, 1.165) is 17.6 Å². The zero-order chi connectivity index (χ0) is 16.3. The summed E-state index contributed by atoms with van der Waals surface area (Å²) in [6.07, 6.45) is 3.72. The van der Waals surface area contributed by atoms with Crippen molar-refractivity contribution in [3.05, 3.63) is 22.9 Å². The van der Waals surface area contributed by atoms with Crippen LogP contribution in [-0.2, 0) is 19.1 Å². The van der Waals surface area contributed by atoms with E-state index in [9.17, 15) is 9.59 Å². The van der Waals surface area contributed by atoms with Crippen LogP contribution in [0.1, 0.15) is 26.2 Å². The lowest BCUT2D eigenvalue weighted by molar-refractivity contribution is -0.168. The normalized spacial score (nSPS) is 21.6. The van der Waals surface area contributed by atoms with Gasteiger partial charge in [-0.2, -0.15) is 0 Å². The molecule has 0 spiro atoms. The van der Waals surface area contributed by atoms with Crippen LogP contribution in [0.5, 0.6) is 0 Å². The fourth-order valence-electron chi connectivity index (χ4n) is 2.82. The molecule has 0 saturated heterocycles. The molecule has 21 heavy (non-hydrogen) atoms. The minimum atomic E-state index is -1.45. The van der Waals surface area contributed by atoms with E-state index < -0.39 is 25.4 Å². The van der Waals surface area contributed by atoms with Gasteiger partial charge in [0.05, 0.1) is 22.3 Å². The van der Waals surface area contributed by atoms with Crippen molar-refractivity contribution in [2.75, 3.05) is 14.2 Å². The lowest BCUT2D eigenvalue weighted by atomic mass is 9.85. The second kappa shape index (κ2) is 6.60. The number of carbonyl (C=O) groups is 2. The van der Waals surface area contributed by atoms with Gasteiger partial charge in [0.2, 0.25) is 0 Å². The van der Waals surface area contributed by atoms with E-state index in [0.29, 0.717) is 12.8 Å². The van der Waals surface area contributed by atoms with Gasteiger partial charge < -0.3 is 9.47 Å². The number of ether oxygens (including phenoxy) is 2. The Morgan fingerprint density at radius 3 is 1.95 bits per heavy atom. The Morgan fingerprint density at radius 2 is 1.57 bits per heavy atom. The molecule has 0 heterocycles. The minimum Gasteiger partial charge on any atom is -0.468 e. The van der Waals surface area contributed by atoms with Crippen LogP contribution < -0.4 is 0 Å². The number of methoxy groups -OCH3 is 2. The van der Waals surface area contributed by atoms with Crippen molar-refractivity contribution in [2.24, 2.45) is 5.41 Å². The molecule has 0 aliphatic heterocycles. The molecule has 0 amide bonds. The number of hydrogen-bond donors (Lipinski definition) is 0. The maximum absolute atomic E-state index is 12.2. The minimum absolute atomic E-state index is 0.372. The number of hydrogen-bond acceptors (Lipinski definition) is 4. The fourth-order valence-corrected chi connectivity index (χ4v) is 4.15. The van der Waals surface area contributed by atoms with Gasteiger partial charge in [-0.05, 0) is 24.8 Å². The summed E-state index contributed by atoms with van der Waals surface area (Å²) in [7, 11) is 1.18. The van der Waals surface area contributed by atoms with E-state index in [1.165, 1.54) is 14.2 Å². The molecule has 0 N–H and O–H groups in total. The van der Waals surface area contributed by atoms with Crippen molar-refractivity contribution in [1.29, 1.82) is 0 Å². The van der Waals surface area contributed by atoms with Crippen LogP contribution in [-0.4, -0.2) is 34.2 Å². The van der Waals surface area contributed by atoms with Gasteiger partial charge in [-0.15, -0.1) is 0 Å². The van der Waals surface area contributed by atoms with E-state index in [4.69, 9.17) is 9.47 Å². The second-order valence-electron chi connectivity index (χ2n) is 6.59. The average molecular weight is 310 g/mol. The Hall–Kier alpha value is -1.36. The van der Waals surface area contributed by atoms with Crippen molar-refractivity contribution >= 4 is 20.0 Å². The maximum atomic E-state index is 12.2. The highest BCUT2D eigenvalue weighted by atomic mass is 28.3. The van der Waals surface area contributed by atoms with Crippen LogP contribution in [0.4, 0.5) is 0 Å². The van der Waals surface area contributed by atoms with E-state index >= 15 is 0 Å². The molecule has 0 bridgehead atoms. The molecule has 118 valence electrons. The average Bonchev–Trinajstić information content (AvgIpc) is 2.75. The van der Waals surface area contributed by atoms with Gasteiger partial charge in [0.15, 0.2) is 5.41 Å². The van der Waals surface area contributed by atoms with Crippen LogP contribution in [0.3, 0.4) is 0 Å². The second-order valence-corrected chi connectivity index (χ2v) is 11.6. The third kappa shape index (κ3) is 3.84. The summed E-state index contributed by atoms with van der Waals surface area (Å²) in [6, 6.07) is 0. The topological polar surface area (TPSA) is 52.6 Å². The molecule has 0 aromatic carbocycles. The van der Waals surface area contributed by atoms with Crippen molar-refractivity contribution in [3.63, 3.8) is 0 Å². The molecule has 0 aromatic rings. The van der Waals surface area contributed by atoms with Crippen LogP contribution in [0, 0.1) is 5.41 Å². The molecular formula is C16H26O4Si. The fraction of sp³-hybridized carbons (Fsp3) is 0.625. The van der Waals surface area contributed by atoms with Crippen molar-refractivity contribution < 1.29 is 19.1 Å². The summed E-state index contributed by atoms with van der Waals surface area (Å²) < 4.78 is 9.77. The predicted molar refractivity (Wildman–Crippen MR) is 85.5 cm³/mol. The Labute approximate surface area is 128 Å². The van der Waals surface area contributed by atoms with Crippen LogP contribution in [0.25, 0.3) is 0 Å². The highest BCUT2D eigenvalue weighted by molar-refractivity contribution is 6.81. The number of allylic oxidation sites excluding steroid dienone is 3. The summed E-state index contributed by atoms with van der Waals surface area (Å²) in [4.78, 5) is 24.5. The summed E-state index contributed by atoms with van der Waals surface area (Å²) in [5, 5.41) is 0. The molecule has 1 aliphatic rings. The lowest BCUT2D eigenvalue weighted by Crippen LogP contribution is -2.38. The predicted octanol–water partition coefficient (Wildman–Crippen LogP) is 3.25. The van der Waals surface area contributed by atoms with Crippen LogP contribution in [0.2, 0.25) is 19.6 Å². The van der Waals surface area contributed by atoms with E-state index in [1.54, 1.807) is 0 Å². The van der Waals surface area contributed by atoms with E-state index in [-0.39, 0.29) is 0 Å². The lowest BCUT2D eigenvalue weighted by Gasteiger charge is -2.22. The van der Waals surface area contributed by atoms with Gasteiger partial charge in [-0.1, -0.05) is 43.9 Å². The smallest absolute Gasteiger partial charge is 0.323 e. The van der Waals surface area contributed by atoms with Crippen molar-refractivity contribution in [3.8, 4) is 0 Å². The van der Waals surface area contributed by atoms with Gasteiger partial charge >= 0.3 is 11.9 Å². The van der Waals surface area contributed by atoms with Gasteiger partial charge in [0.25, 0.3) is 0 Å². The quantitative estimate of drug-likeness (QED) is 0.454. The third-order valence-electron chi connectivity index (χ3n) is 3.61. The molecule has 1 saturated carbocycles. The van der Waals surface area contributed by atoms with Crippen LogP contribution in [0.15, 0.2) is 22.9 Å². The largest absolute Gasteiger partial charge is 0.468 e. The van der Waals surface area contributed by atoms with Crippen LogP contribution >= 0.6 is 0 Å². The van der Waals surface area contributed by atoms with Gasteiger partial charge in [-0.25, -0.2) is 0 Å². The standard InChI is InChI=1S/C16H26O4Si/c1-7-8-12-9-16(14(17)19-2,15(18)20-3)10-13(12)11-21(4,5)6/h8,11H,7,9-10H2,1-6H3/b12-8+,13-11+. The first kappa shape index (κ1) is 17.7. The first-order chi connectivity index (χ1) is 9.70. The summed E-state index contributed by atoms with van der Waals surface area (Å²) in [6.45, 7) is 8.76. The zero-order valence-electron chi connectivity index (χ0n) is 13.9. The monoisotopic (exact) mass is 310 g/mol. The molecule has 0 radical (unpaired) electrons. The maximum Gasteiger partial charge on any atom is 0.323 e. The Bertz CT molecular complexity index is 467. The summed E-state index contributed by atoms with van der Waals surface area (Å²) >= 11 is 0.